The van der Waals surface area contributed by atoms with E-state index >= 15 is 0 Å². The Labute approximate surface area is 133 Å². The van der Waals surface area contributed by atoms with Gasteiger partial charge in [0, 0.05) is 17.7 Å². The van der Waals surface area contributed by atoms with Crippen LogP contribution in [0.5, 0.6) is 0 Å². The molecule has 0 amide bonds. The van der Waals surface area contributed by atoms with Gasteiger partial charge in [0.2, 0.25) is 0 Å². The fourth-order valence-corrected chi connectivity index (χ4v) is 2.49. The predicted octanol–water partition coefficient (Wildman–Crippen LogP) is 4.34. The number of amidine groups is 1. The van der Waals surface area contributed by atoms with Gasteiger partial charge in [0.1, 0.15) is 5.84 Å². The lowest BCUT2D eigenvalue weighted by Gasteiger charge is -2.23. The van der Waals surface area contributed by atoms with Crippen molar-refractivity contribution in [2.45, 2.75) is 46.1 Å². The Morgan fingerprint density at radius 1 is 1.36 bits per heavy atom. The topological polar surface area (TPSA) is 74.3 Å². The molecule has 1 aliphatic rings. The molecule has 4 heteroatoms. The molecule has 2 rings (SSSR count). The summed E-state index contributed by atoms with van der Waals surface area (Å²) in [5, 5.41) is 11.4. The molecule has 1 aliphatic heterocycles. The third kappa shape index (κ3) is 3.97. The molecular weight excluding hydrogens is 272 g/mol. The van der Waals surface area contributed by atoms with Crippen molar-refractivity contribution < 1.29 is 0 Å². The van der Waals surface area contributed by atoms with E-state index in [1.807, 2.05) is 12.1 Å². The molecule has 0 fully saturated rings. The number of benzene rings is 1. The summed E-state index contributed by atoms with van der Waals surface area (Å²) in [5.74, 6) is 0.681. The van der Waals surface area contributed by atoms with E-state index in [0.717, 1.165) is 35.4 Å². The van der Waals surface area contributed by atoms with Crippen molar-refractivity contribution in [2.24, 2.45) is 10.9 Å². The smallest absolute Gasteiger partial charge is 0.123 e. The summed E-state index contributed by atoms with van der Waals surface area (Å²) in [5.41, 5.74) is 9.91. The molecule has 0 aromatic heterocycles. The van der Waals surface area contributed by atoms with Crippen LogP contribution in [0.15, 0.2) is 29.3 Å². The fourth-order valence-electron chi connectivity index (χ4n) is 2.49. The monoisotopic (exact) mass is 298 g/mol. The van der Waals surface area contributed by atoms with Gasteiger partial charge < -0.3 is 11.1 Å². The Hall–Kier alpha value is -2.10. The van der Waals surface area contributed by atoms with Gasteiger partial charge >= 0.3 is 0 Å². The van der Waals surface area contributed by atoms with Gasteiger partial charge in [-0.1, -0.05) is 19.1 Å². The molecule has 22 heavy (non-hydrogen) atoms. The number of anilines is 2. The molecule has 1 aromatic carbocycles. The van der Waals surface area contributed by atoms with Gasteiger partial charge in [0.25, 0.3) is 0 Å². The van der Waals surface area contributed by atoms with Crippen LogP contribution in [0.2, 0.25) is 0 Å². The van der Waals surface area contributed by atoms with Crippen LogP contribution in [0.3, 0.4) is 0 Å². The van der Waals surface area contributed by atoms with Crippen molar-refractivity contribution in [1.82, 2.24) is 0 Å². The van der Waals surface area contributed by atoms with Gasteiger partial charge in [-0.25, -0.2) is 4.99 Å². The second kappa shape index (κ2) is 6.34. The van der Waals surface area contributed by atoms with E-state index in [1.165, 1.54) is 0 Å². The summed E-state index contributed by atoms with van der Waals surface area (Å²) in [6.45, 7) is 8.42. The number of nitrogen functional groups attached to an aromatic ring is 1. The highest BCUT2D eigenvalue weighted by Gasteiger charge is 2.15. The third-order valence-electron chi connectivity index (χ3n) is 3.74. The number of nitrogens with two attached hydrogens (primary N) is 1. The summed E-state index contributed by atoms with van der Waals surface area (Å²) >= 11 is 0. The van der Waals surface area contributed by atoms with Crippen LogP contribution in [0.1, 0.15) is 46.1 Å². The van der Waals surface area contributed by atoms with Gasteiger partial charge in [-0.15, -0.1) is 0 Å². The molecule has 0 radical (unpaired) electrons. The van der Waals surface area contributed by atoms with E-state index in [4.69, 9.17) is 11.1 Å². The highest BCUT2D eigenvalue weighted by atomic mass is 15.0. The summed E-state index contributed by atoms with van der Waals surface area (Å²) < 4.78 is 0. The van der Waals surface area contributed by atoms with Crippen molar-refractivity contribution >= 4 is 29.0 Å². The second-order valence-electron chi connectivity index (χ2n) is 6.82. The average Bonchev–Trinajstić information content (AvgIpc) is 2.61. The summed E-state index contributed by atoms with van der Waals surface area (Å²) in [4.78, 5) is 4.28. The van der Waals surface area contributed by atoms with Crippen LogP contribution in [0, 0.1) is 11.3 Å². The van der Waals surface area contributed by atoms with E-state index in [9.17, 15) is 0 Å². The van der Waals surface area contributed by atoms with E-state index in [0.29, 0.717) is 5.84 Å². The molecule has 0 saturated carbocycles. The minimum Gasteiger partial charge on any atom is -0.397 e. The summed E-state index contributed by atoms with van der Waals surface area (Å²) in [6.07, 6.45) is 5.73. The highest BCUT2D eigenvalue weighted by molar-refractivity contribution is 6.14. The SMILES string of the molecule is CCC1CC=C(c2ccc(NC(C)(C)C)c(N)c2)C=NC1=N. The second-order valence-corrected chi connectivity index (χ2v) is 6.82. The first kappa shape index (κ1) is 16.3. The largest absolute Gasteiger partial charge is 0.397 e. The van der Waals surface area contributed by atoms with E-state index in [1.54, 1.807) is 6.21 Å². The van der Waals surface area contributed by atoms with Gasteiger partial charge in [0.15, 0.2) is 0 Å². The van der Waals surface area contributed by atoms with Crippen LogP contribution < -0.4 is 11.1 Å². The van der Waals surface area contributed by atoms with E-state index < -0.39 is 0 Å². The normalized spacial score (nSPS) is 18.8. The van der Waals surface area contributed by atoms with Crippen molar-refractivity contribution in [3.8, 4) is 0 Å². The van der Waals surface area contributed by atoms with Crippen LogP contribution in [0.25, 0.3) is 5.57 Å². The molecule has 0 saturated heterocycles. The Morgan fingerprint density at radius 2 is 2.09 bits per heavy atom. The Bertz CT molecular complexity index is 620. The van der Waals surface area contributed by atoms with Crippen molar-refractivity contribution in [3.63, 3.8) is 0 Å². The first-order chi connectivity index (χ1) is 10.3. The molecule has 1 aromatic rings. The van der Waals surface area contributed by atoms with Gasteiger partial charge in [0.05, 0.1) is 11.4 Å². The molecule has 0 bridgehead atoms. The first-order valence-corrected chi connectivity index (χ1v) is 7.81. The summed E-state index contributed by atoms with van der Waals surface area (Å²) in [7, 11) is 0. The number of nitrogens with one attached hydrogen (secondary N) is 2. The lowest BCUT2D eigenvalue weighted by atomic mass is 9.98. The van der Waals surface area contributed by atoms with Crippen LogP contribution in [-0.2, 0) is 0 Å². The van der Waals surface area contributed by atoms with Crippen molar-refractivity contribution in [1.29, 1.82) is 5.41 Å². The standard InChI is InChI=1S/C18H26N4/c1-5-12-6-7-14(11-21-17(12)20)13-8-9-16(15(19)10-13)22-18(2,3)4/h7-12,20,22H,5-6,19H2,1-4H3. The lowest BCUT2D eigenvalue weighted by Crippen LogP contribution is -2.26. The zero-order valence-corrected chi connectivity index (χ0v) is 13.9. The number of rotatable bonds is 3. The number of hydrogen-bond donors (Lipinski definition) is 3. The molecule has 1 heterocycles. The van der Waals surface area contributed by atoms with Crippen molar-refractivity contribution in [2.75, 3.05) is 11.1 Å². The average molecular weight is 298 g/mol. The maximum Gasteiger partial charge on any atom is 0.123 e. The fraction of sp³-hybridized carbons (Fsp3) is 0.444. The van der Waals surface area contributed by atoms with Gasteiger partial charge in [-0.05, 0) is 56.9 Å². The van der Waals surface area contributed by atoms with Crippen molar-refractivity contribution in [3.05, 3.63) is 29.8 Å². The Kier molecular flexibility index (Phi) is 4.69. The van der Waals surface area contributed by atoms with E-state index in [-0.39, 0.29) is 11.5 Å². The van der Waals surface area contributed by atoms with Crippen LogP contribution in [-0.4, -0.2) is 17.6 Å². The molecule has 1 unspecified atom stereocenters. The van der Waals surface area contributed by atoms with Crippen LogP contribution >= 0.6 is 0 Å². The maximum atomic E-state index is 7.95. The molecule has 118 valence electrons. The minimum absolute atomic E-state index is 0.0257. The highest BCUT2D eigenvalue weighted by Crippen LogP contribution is 2.28. The lowest BCUT2D eigenvalue weighted by molar-refractivity contribution is 0.634. The summed E-state index contributed by atoms with van der Waals surface area (Å²) in [6, 6.07) is 6.04. The van der Waals surface area contributed by atoms with Gasteiger partial charge in [-0.3, -0.25) is 5.41 Å². The molecule has 4 N–H and O–H groups in total. The Balaban J connectivity index is 2.27. The maximum absolute atomic E-state index is 7.95. The molecular formula is C18H26N4. The zero-order chi connectivity index (χ0) is 16.3. The quantitative estimate of drug-likeness (QED) is 0.726. The minimum atomic E-state index is -0.0257. The van der Waals surface area contributed by atoms with Crippen LogP contribution in [0.4, 0.5) is 11.4 Å². The number of hydrogen-bond acceptors (Lipinski definition) is 3. The third-order valence-corrected chi connectivity index (χ3v) is 3.74. The van der Waals surface area contributed by atoms with Gasteiger partial charge in [-0.2, -0.15) is 0 Å². The van der Waals surface area contributed by atoms with E-state index in [2.05, 4.69) is 50.1 Å². The zero-order valence-electron chi connectivity index (χ0n) is 13.9. The molecule has 0 aliphatic carbocycles. The Morgan fingerprint density at radius 3 is 2.68 bits per heavy atom. The number of nitrogens with zero attached hydrogens (tertiary/aromatic N) is 1. The first-order valence-electron chi connectivity index (χ1n) is 7.81. The predicted molar refractivity (Wildman–Crippen MR) is 96.8 cm³/mol. The molecule has 0 spiro atoms. The molecule has 4 nitrogen and oxygen atoms in total. The number of aliphatic imine (C=N–C) groups is 1. The number of allylic oxidation sites excluding steroid dienone is 2. The molecule has 1 atom stereocenters.